The highest BCUT2D eigenvalue weighted by Gasteiger charge is 2.09. The van der Waals surface area contributed by atoms with E-state index in [1.54, 1.807) is 26.2 Å². The van der Waals surface area contributed by atoms with Gasteiger partial charge < -0.3 is 10.5 Å². The highest BCUT2D eigenvalue weighted by molar-refractivity contribution is 9.10. The highest BCUT2D eigenvalue weighted by Crippen LogP contribution is 2.14. The van der Waals surface area contributed by atoms with Crippen LogP contribution in [0.5, 0.6) is 0 Å². The lowest BCUT2D eigenvalue weighted by Crippen LogP contribution is -2.08. The van der Waals surface area contributed by atoms with Gasteiger partial charge in [0.2, 0.25) is 0 Å². The van der Waals surface area contributed by atoms with Crippen LogP contribution >= 0.6 is 31.9 Å². The number of nitrogen functional groups attached to an aromatic ring is 1. The Labute approximate surface area is 179 Å². The van der Waals surface area contributed by atoms with Crippen molar-refractivity contribution in [3.05, 3.63) is 39.7 Å². The zero-order chi connectivity index (χ0) is 21.3. The van der Waals surface area contributed by atoms with Gasteiger partial charge in [0.25, 0.3) is 5.78 Å². The molecule has 3 heterocycles. The number of fused-ring (bicyclic) bond motifs is 1. The molecule has 0 aliphatic carbocycles. The second kappa shape index (κ2) is 11.6. The third kappa shape index (κ3) is 7.82. The van der Waals surface area contributed by atoms with Gasteiger partial charge in [0.05, 0.1) is 22.8 Å². The molecule has 3 rings (SSSR count). The van der Waals surface area contributed by atoms with Crippen LogP contribution in [0.2, 0.25) is 0 Å². The van der Waals surface area contributed by atoms with Gasteiger partial charge in [-0.3, -0.25) is 9.20 Å². The third-order valence-corrected chi connectivity index (χ3v) is 3.86. The molecule has 0 aromatic carbocycles. The SMILES string of the molecule is CC(C)C(=O)O.CC(C)c1nnc2ncc(Br)cn12.NNc1cnc(Br)cn1. The van der Waals surface area contributed by atoms with Crippen molar-refractivity contribution in [1.29, 1.82) is 0 Å². The first kappa shape index (κ1) is 23.9. The molecule has 0 saturated heterocycles. The molecule has 3 aromatic rings. The van der Waals surface area contributed by atoms with Gasteiger partial charge in [-0.05, 0) is 31.9 Å². The van der Waals surface area contributed by atoms with Gasteiger partial charge in [-0.15, -0.1) is 10.2 Å². The number of hydrogen-bond donors (Lipinski definition) is 3. The fourth-order valence-electron chi connectivity index (χ4n) is 1.56. The summed E-state index contributed by atoms with van der Waals surface area (Å²) in [5, 5.41) is 16.0. The normalized spacial score (nSPS) is 10.2. The summed E-state index contributed by atoms with van der Waals surface area (Å²) in [6.45, 7) is 7.44. The molecule has 0 atom stereocenters. The third-order valence-electron chi connectivity index (χ3n) is 3.04. The van der Waals surface area contributed by atoms with Crippen LogP contribution in [0.15, 0.2) is 33.9 Å². The number of nitrogens with one attached hydrogen (secondary N) is 1. The van der Waals surface area contributed by atoms with Crippen molar-refractivity contribution in [1.82, 2.24) is 29.5 Å². The van der Waals surface area contributed by atoms with Crippen molar-refractivity contribution >= 4 is 49.4 Å². The average Bonchev–Trinajstić information content (AvgIpc) is 3.06. The smallest absolute Gasteiger partial charge is 0.305 e. The quantitative estimate of drug-likeness (QED) is 0.352. The van der Waals surface area contributed by atoms with Crippen molar-refractivity contribution < 1.29 is 9.90 Å². The highest BCUT2D eigenvalue weighted by atomic mass is 79.9. The van der Waals surface area contributed by atoms with Crippen molar-refractivity contribution in [3.8, 4) is 0 Å². The van der Waals surface area contributed by atoms with E-state index in [2.05, 4.69) is 76.3 Å². The molecule has 4 N–H and O–H groups in total. The van der Waals surface area contributed by atoms with Gasteiger partial charge >= 0.3 is 5.97 Å². The molecule has 0 bridgehead atoms. The molecule has 152 valence electrons. The number of halogens is 2. The number of carboxylic acids is 1. The first-order valence-corrected chi connectivity index (χ1v) is 9.77. The van der Waals surface area contributed by atoms with E-state index in [0.29, 0.717) is 22.1 Å². The van der Waals surface area contributed by atoms with Crippen molar-refractivity contribution in [2.24, 2.45) is 11.8 Å². The summed E-state index contributed by atoms with van der Waals surface area (Å²) >= 11 is 6.49. The zero-order valence-corrected chi connectivity index (χ0v) is 19.0. The molecule has 0 radical (unpaired) electrons. The summed E-state index contributed by atoms with van der Waals surface area (Å²) in [5.41, 5.74) is 2.36. The summed E-state index contributed by atoms with van der Waals surface area (Å²) in [6, 6.07) is 0. The first-order valence-electron chi connectivity index (χ1n) is 8.18. The van der Waals surface area contributed by atoms with Gasteiger partial charge in [-0.25, -0.2) is 20.8 Å². The van der Waals surface area contributed by atoms with Gasteiger partial charge in [-0.2, -0.15) is 0 Å². The molecule has 0 aliphatic heterocycles. The number of aliphatic carboxylic acids is 1. The Morgan fingerprint density at radius 1 is 1.11 bits per heavy atom. The van der Waals surface area contributed by atoms with E-state index in [4.69, 9.17) is 10.9 Å². The Kier molecular flexibility index (Phi) is 9.90. The minimum Gasteiger partial charge on any atom is -0.481 e. The maximum atomic E-state index is 9.70. The number of carboxylic acid groups (broad SMARTS) is 1. The largest absolute Gasteiger partial charge is 0.481 e. The molecule has 0 unspecified atom stereocenters. The number of nitrogens with two attached hydrogens (primary N) is 1. The number of aromatic nitrogens is 6. The van der Waals surface area contributed by atoms with Gasteiger partial charge in [0.1, 0.15) is 10.4 Å². The minimum absolute atomic E-state index is 0.231. The van der Waals surface area contributed by atoms with E-state index in [-0.39, 0.29) is 5.92 Å². The lowest BCUT2D eigenvalue weighted by atomic mass is 10.2. The lowest BCUT2D eigenvalue weighted by Gasteiger charge is -2.01. The van der Waals surface area contributed by atoms with Crippen LogP contribution in [-0.2, 0) is 4.79 Å². The predicted octanol–water partition coefficient (Wildman–Crippen LogP) is 3.26. The number of anilines is 1. The summed E-state index contributed by atoms with van der Waals surface area (Å²) < 4.78 is 3.53. The molecule has 0 amide bonds. The molecule has 0 fully saturated rings. The maximum Gasteiger partial charge on any atom is 0.305 e. The Morgan fingerprint density at radius 3 is 2.21 bits per heavy atom. The van der Waals surface area contributed by atoms with E-state index in [0.717, 1.165) is 10.3 Å². The van der Waals surface area contributed by atoms with E-state index in [1.165, 1.54) is 6.20 Å². The van der Waals surface area contributed by atoms with Gasteiger partial charge in [0.15, 0.2) is 5.82 Å². The fraction of sp³-hybridized carbons (Fsp3) is 0.375. The van der Waals surface area contributed by atoms with E-state index in [1.807, 2.05) is 10.6 Å². The predicted molar refractivity (Wildman–Crippen MR) is 113 cm³/mol. The van der Waals surface area contributed by atoms with Gasteiger partial charge in [0, 0.05) is 18.3 Å². The minimum atomic E-state index is -0.741. The number of nitrogens with zero attached hydrogens (tertiary/aromatic N) is 6. The van der Waals surface area contributed by atoms with Crippen LogP contribution < -0.4 is 11.3 Å². The van der Waals surface area contributed by atoms with Crippen LogP contribution in [0.3, 0.4) is 0 Å². The molecule has 3 aromatic heterocycles. The van der Waals surface area contributed by atoms with Gasteiger partial charge in [-0.1, -0.05) is 27.7 Å². The Morgan fingerprint density at radius 2 is 1.75 bits per heavy atom. The lowest BCUT2D eigenvalue weighted by molar-refractivity contribution is -0.140. The van der Waals surface area contributed by atoms with Crippen LogP contribution in [-0.4, -0.2) is 40.6 Å². The number of carbonyl (C=O) groups is 1. The van der Waals surface area contributed by atoms with Crippen LogP contribution in [0, 0.1) is 5.92 Å². The molecule has 12 heteroatoms. The fourth-order valence-corrected chi connectivity index (χ4v) is 2.08. The zero-order valence-electron chi connectivity index (χ0n) is 15.8. The summed E-state index contributed by atoms with van der Waals surface area (Å²) in [6.07, 6.45) is 6.74. The molecular weight excluding hydrogens is 496 g/mol. The first-order chi connectivity index (χ1) is 13.1. The standard InChI is InChI=1S/C8H9BrN4.C4H5BrN4.C4H8O2/c1-5(2)7-11-12-8-10-3-6(9)4-13(7)8;5-3-1-8-4(9-6)2-7-3;1-3(2)4(5)6/h3-5H,1-2H3;1-2H,6H2,(H,8,9);3H,1-2H3,(H,5,6). The van der Waals surface area contributed by atoms with Crippen LogP contribution in [0.4, 0.5) is 5.82 Å². The monoisotopic (exact) mass is 516 g/mol. The second-order valence-corrected chi connectivity index (χ2v) is 7.74. The van der Waals surface area contributed by atoms with Crippen LogP contribution in [0.25, 0.3) is 5.78 Å². The van der Waals surface area contributed by atoms with Crippen LogP contribution in [0.1, 0.15) is 39.4 Å². The molecule has 28 heavy (non-hydrogen) atoms. The molecule has 10 nitrogen and oxygen atoms in total. The van der Waals surface area contributed by atoms with Crippen molar-refractivity contribution in [2.45, 2.75) is 33.6 Å². The molecule has 0 saturated carbocycles. The number of rotatable bonds is 3. The van der Waals surface area contributed by atoms with Crippen molar-refractivity contribution in [3.63, 3.8) is 0 Å². The summed E-state index contributed by atoms with van der Waals surface area (Å²) in [4.78, 5) is 21.5. The number of hydrazine groups is 1. The Balaban J connectivity index is 0.000000229. The topological polar surface area (TPSA) is 144 Å². The van der Waals surface area contributed by atoms with Crippen molar-refractivity contribution in [2.75, 3.05) is 5.43 Å². The molecule has 0 spiro atoms. The second-order valence-electron chi connectivity index (χ2n) is 6.02. The van der Waals surface area contributed by atoms with E-state index < -0.39 is 5.97 Å². The molecular formula is C16H22Br2N8O2. The molecule has 0 aliphatic rings. The maximum absolute atomic E-state index is 9.70. The number of hydrogen-bond acceptors (Lipinski definition) is 8. The average molecular weight is 518 g/mol. The Hall–Kier alpha value is -2.18. The van der Waals surface area contributed by atoms with E-state index in [9.17, 15) is 4.79 Å². The summed E-state index contributed by atoms with van der Waals surface area (Å²) in [7, 11) is 0. The summed E-state index contributed by atoms with van der Waals surface area (Å²) in [5.74, 6) is 6.55. The van der Waals surface area contributed by atoms with E-state index >= 15 is 0 Å². The Bertz CT molecular complexity index is 884.